The van der Waals surface area contributed by atoms with Gasteiger partial charge in [0.25, 0.3) is 0 Å². The van der Waals surface area contributed by atoms with Crippen LogP contribution in [-0.2, 0) is 0 Å². The molecule has 7 heteroatoms. The Labute approximate surface area is 117 Å². The van der Waals surface area contributed by atoms with Crippen LogP contribution in [0.25, 0.3) is 0 Å². The number of aromatic nitrogens is 1. The van der Waals surface area contributed by atoms with Gasteiger partial charge in [-0.25, -0.2) is 4.98 Å². The number of rotatable bonds is 3. The second-order valence-corrected chi connectivity index (χ2v) is 5.38. The van der Waals surface area contributed by atoms with Crippen LogP contribution >= 0.6 is 34.5 Å². The molecule has 1 N–H and O–H groups in total. The fraction of sp³-hybridized carbons (Fsp3) is 0.0909. The van der Waals surface area contributed by atoms with E-state index in [1.807, 2.05) is 0 Å². The van der Waals surface area contributed by atoms with Crippen molar-refractivity contribution < 1.29 is 9.90 Å². The molecule has 0 amide bonds. The number of thiazole rings is 1. The van der Waals surface area contributed by atoms with Crippen molar-refractivity contribution in [2.24, 2.45) is 0 Å². The van der Waals surface area contributed by atoms with Gasteiger partial charge >= 0.3 is 0 Å². The van der Waals surface area contributed by atoms with Crippen molar-refractivity contribution >= 4 is 51.3 Å². The maximum absolute atomic E-state index is 10.8. The molecule has 0 fully saturated rings. The van der Waals surface area contributed by atoms with Crippen molar-refractivity contribution in [3.05, 3.63) is 38.8 Å². The Morgan fingerprint density at radius 1 is 1.33 bits per heavy atom. The second-order valence-electron chi connectivity index (χ2n) is 3.50. The maximum Gasteiger partial charge on any atom is 0.188 e. The van der Waals surface area contributed by atoms with Gasteiger partial charge in [0.1, 0.15) is 0 Å². The summed E-state index contributed by atoms with van der Waals surface area (Å²) in [6, 6.07) is 4.94. The highest BCUT2D eigenvalue weighted by Gasteiger charge is 2.09. The fourth-order valence-electron chi connectivity index (χ4n) is 1.39. The number of anilines is 2. The summed E-state index contributed by atoms with van der Waals surface area (Å²) in [6.07, 6.45) is 0. The molecule has 2 aromatic rings. The lowest BCUT2D eigenvalue weighted by molar-refractivity contribution is -0.254. The van der Waals surface area contributed by atoms with E-state index in [1.165, 1.54) is 0 Å². The molecule has 0 radical (unpaired) electrons. The molecule has 1 heterocycles. The van der Waals surface area contributed by atoms with E-state index in [9.17, 15) is 9.90 Å². The quantitative estimate of drug-likeness (QED) is 0.947. The molecule has 0 bridgehead atoms. The number of hydrogen-bond donors (Lipinski definition) is 1. The number of carboxylic acid groups (broad SMARTS) is 1. The molecule has 0 saturated carbocycles. The fourth-order valence-corrected chi connectivity index (χ4v) is 2.74. The Hall–Kier alpha value is -1.30. The molecule has 0 aliphatic rings. The summed E-state index contributed by atoms with van der Waals surface area (Å²) in [6.45, 7) is 1.61. The number of aromatic carboxylic acids is 1. The summed E-state index contributed by atoms with van der Waals surface area (Å²) in [7, 11) is 0. The Bertz CT molecular complexity index is 593. The molecule has 18 heavy (non-hydrogen) atoms. The first-order valence-electron chi connectivity index (χ1n) is 4.87. The summed E-state index contributed by atoms with van der Waals surface area (Å²) in [5, 5.41) is 15.2. The maximum atomic E-state index is 10.8. The molecule has 1 aromatic carbocycles. The van der Waals surface area contributed by atoms with Gasteiger partial charge in [0, 0.05) is 15.7 Å². The lowest BCUT2D eigenvalue weighted by Gasteiger charge is -2.03. The van der Waals surface area contributed by atoms with Crippen molar-refractivity contribution in [1.29, 1.82) is 0 Å². The van der Waals surface area contributed by atoms with Crippen LogP contribution < -0.4 is 10.4 Å². The molecular formula is C11H7Cl2N2O2S-. The van der Waals surface area contributed by atoms with E-state index in [2.05, 4.69) is 10.3 Å². The molecular weight excluding hydrogens is 295 g/mol. The number of aryl methyl sites for hydroxylation is 1. The molecule has 0 unspecified atom stereocenters. The molecule has 0 saturated heterocycles. The number of carboxylic acids is 1. The highest BCUT2D eigenvalue weighted by molar-refractivity contribution is 7.17. The average molecular weight is 302 g/mol. The standard InChI is InChI=1S/C11H8Cl2N2O2S/c1-5-9(10(16)17)18-11(14-5)15-8-3-6(12)2-7(13)4-8/h2-4H,1H3,(H,14,15)(H,16,17)/p-1. The van der Waals surface area contributed by atoms with Gasteiger partial charge in [0.15, 0.2) is 5.13 Å². The predicted octanol–water partition coefficient (Wildman–Crippen LogP) is 2.87. The highest BCUT2D eigenvalue weighted by Crippen LogP contribution is 2.28. The van der Waals surface area contributed by atoms with Crippen LogP contribution in [-0.4, -0.2) is 11.0 Å². The van der Waals surface area contributed by atoms with Crippen molar-refractivity contribution in [3.8, 4) is 0 Å². The number of halogens is 2. The summed E-state index contributed by atoms with van der Waals surface area (Å²) < 4.78 is 0. The topological polar surface area (TPSA) is 65.0 Å². The predicted molar refractivity (Wildman–Crippen MR) is 70.9 cm³/mol. The number of carbonyl (C=O) groups excluding carboxylic acids is 1. The SMILES string of the molecule is Cc1nc(Nc2cc(Cl)cc(Cl)c2)sc1C(=O)[O-]. The van der Waals surface area contributed by atoms with Crippen molar-refractivity contribution in [2.75, 3.05) is 5.32 Å². The second kappa shape index (κ2) is 5.14. The first kappa shape index (κ1) is 13.1. The third kappa shape index (κ3) is 2.93. The van der Waals surface area contributed by atoms with E-state index in [4.69, 9.17) is 23.2 Å². The summed E-state index contributed by atoms with van der Waals surface area (Å²) in [5.41, 5.74) is 1.06. The Morgan fingerprint density at radius 2 is 1.94 bits per heavy atom. The van der Waals surface area contributed by atoms with Crippen LogP contribution in [0.1, 0.15) is 15.4 Å². The number of benzene rings is 1. The Morgan fingerprint density at radius 3 is 2.44 bits per heavy atom. The zero-order chi connectivity index (χ0) is 13.3. The molecule has 2 rings (SSSR count). The lowest BCUT2D eigenvalue weighted by atomic mass is 10.3. The number of nitrogens with one attached hydrogen (secondary N) is 1. The van der Waals surface area contributed by atoms with Crippen LogP contribution in [0.4, 0.5) is 10.8 Å². The van der Waals surface area contributed by atoms with Gasteiger partial charge in [-0.1, -0.05) is 34.5 Å². The Kier molecular flexibility index (Phi) is 3.75. The van der Waals surface area contributed by atoms with Crippen LogP contribution in [0.15, 0.2) is 18.2 Å². The molecule has 0 aliphatic heterocycles. The van der Waals surface area contributed by atoms with Crippen LogP contribution in [0, 0.1) is 6.92 Å². The third-order valence-electron chi connectivity index (χ3n) is 2.10. The van der Waals surface area contributed by atoms with Gasteiger partial charge in [0.05, 0.1) is 16.5 Å². The average Bonchev–Trinajstić information content (AvgIpc) is 2.57. The van der Waals surface area contributed by atoms with Crippen LogP contribution in [0.2, 0.25) is 10.0 Å². The molecule has 94 valence electrons. The molecule has 1 aromatic heterocycles. The van der Waals surface area contributed by atoms with Gasteiger partial charge in [0.2, 0.25) is 0 Å². The van der Waals surface area contributed by atoms with E-state index in [-0.39, 0.29) is 4.88 Å². The molecule has 4 nitrogen and oxygen atoms in total. The highest BCUT2D eigenvalue weighted by atomic mass is 35.5. The van der Waals surface area contributed by atoms with E-state index in [0.29, 0.717) is 26.6 Å². The summed E-state index contributed by atoms with van der Waals surface area (Å²) >= 11 is 12.7. The Balaban J connectivity index is 2.28. The first-order chi connectivity index (χ1) is 8.45. The number of carbonyl (C=O) groups is 1. The first-order valence-corrected chi connectivity index (χ1v) is 6.45. The zero-order valence-corrected chi connectivity index (χ0v) is 11.5. The monoisotopic (exact) mass is 301 g/mol. The van der Waals surface area contributed by atoms with Gasteiger partial charge in [-0.15, -0.1) is 0 Å². The van der Waals surface area contributed by atoms with Gasteiger partial charge in [-0.2, -0.15) is 0 Å². The van der Waals surface area contributed by atoms with E-state index >= 15 is 0 Å². The largest absolute Gasteiger partial charge is 0.544 e. The molecule has 0 aliphatic carbocycles. The van der Waals surface area contributed by atoms with Gasteiger partial charge in [-0.05, 0) is 25.1 Å². The third-order valence-corrected chi connectivity index (χ3v) is 3.59. The van der Waals surface area contributed by atoms with Crippen molar-refractivity contribution in [3.63, 3.8) is 0 Å². The minimum atomic E-state index is -1.23. The molecule has 0 atom stereocenters. The van der Waals surface area contributed by atoms with E-state index < -0.39 is 5.97 Å². The van der Waals surface area contributed by atoms with Gasteiger partial charge in [-0.3, -0.25) is 0 Å². The smallest absolute Gasteiger partial charge is 0.188 e. The number of hydrogen-bond acceptors (Lipinski definition) is 5. The summed E-state index contributed by atoms with van der Waals surface area (Å²) in [4.78, 5) is 15.0. The zero-order valence-electron chi connectivity index (χ0n) is 9.16. The van der Waals surface area contributed by atoms with Crippen molar-refractivity contribution in [2.45, 2.75) is 6.92 Å². The van der Waals surface area contributed by atoms with E-state index in [0.717, 1.165) is 11.3 Å². The normalized spacial score (nSPS) is 10.4. The molecule has 0 spiro atoms. The van der Waals surface area contributed by atoms with Gasteiger partial charge < -0.3 is 15.2 Å². The minimum absolute atomic E-state index is 0.102. The van der Waals surface area contributed by atoms with Crippen LogP contribution in [0.5, 0.6) is 0 Å². The van der Waals surface area contributed by atoms with Crippen molar-refractivity contribution in [1.82, 2.24) is 4.98 Å². The lowest BCUT2D eigenvalue weighted by Crippen LogP contribution is -2.21. The number of nitrogens with zero attached hydrogens (tertiary/aromatic N) is 1. The van der Waals surface area contributed by atoms with Crippen LogP contribution in [0.3, 0.4) is 0 Å². The van der Waals surface area contributed by atoms with E-state index in [1.54, 1.807) is 25.1 Å². The summed E-state index contributed by atoms with van der Waals surface area (Å²) in [5.74, 6) is -1.23. The minimum Gasteiger partial charge on any atom is -0.544 e.